The van der Waals surface area contributed by atoms with E-state index >= 15 is 0 Å². The first kappa shape index (κ1) is 14.5. The van der Waals surface area contributed by atoms with Gasteiger partial charge in [-0.2, -0.15) is 0 Å². The third-order valence-electron chi connectivity index (χ3n) is 2.40. The summed E-state index contributed by atoms with van der Waals surface area (Å²) in [6.45, 7) is 6.46. The number of hydrogen-bond acceptors (Lipinski definition) is 3. The van der Waals surface area contributed by atoms with Crippen molar-refractivity contribution in [3.8, 4) is 0 Å². The highest BCUT2D eigenvalue weighted by Gasteiger charge is 2.09. The van der Waals surface area contributed by atoms with Crippen LogP contribution in [-0.2, 0) is 14.4 Å². The summed E-state index contributed by atoms with van der Waals surface area (Å²) in [7, 11) is 0. The van der Waals surface area contributed by atoms with Crippen LogP contribution in [0.3, 0.4) is 0 Å². The number of Topliss-reactive ketones (excluding diaryl/α,β-unsaturated/α-hetero) is 2. The fourth-order valence-electron chi connectivity index (χ4n) is 1.08. The van der Waals surface area contributed by atoms with E-state index in [0.29, 0.717) is 6.42 Å². The molecule has 1 unspecified atom stereocenters. The van der Waals surface area contributed by atoms with Crippen molar-refractivity contribution in [3.05, 3.63) is 23.8 Å². The predicted octanol–water partition coefficient (Wildman–Crippen LogP) is 2.26. The van der Waals surface area contributed by atoms with Crippen molar-refractivity contribution in [2.75, 3.05) is 0 Å². The van der Waals surface area contributed by atoms with Gasteiger partial charge in [0.25, 0.3) is 0 Å². The third kappa shape index (κ3) is 5.39. The summed E-state index contributed by atoms with van der Waals surface area (Å²) < 4.78 is 0. The van der Waals surface area contributed by atoms with Gasteiger partial charge in [-0.05, 0) is 26.3 Å². The maximum atomic E-state index is 11.1. The molecule has 0 aliphatic rings. The summed E-state index contributed by atoms with van der Waals surface area (Å²) in [6, 6.07) is 0. The van der Waals surface area contributed by atoms with Crippen LogP contribution in [-0.4, -0.2) is 17.3 Å². The average molecular weight is 222 g/mol. The Morgan fingerprint density at radius 1 is 1.12 bits per heavy atom. The Bertz CT molecular complexity index is 348. The molecule has 0 aromatic rings. The first-order valence-electron chi connectivity index (χ1n) is 5.27. The minimum Gasteiger partial charge on any atom is -0.300 e. The highest BCUT2D eigenvalue weighted by molar-refractivity contribution is 6.40. The van der Waals surface area contributed by atoms with E-state index in [1.807, 2.05) is 19.9 Å². The van der Waals surface area contributed by atoms with Gasteiger partial charge in [0.05, 0.1) is 0 Å². The maximum absolute atomic E-state index is 11.1. The zero-order valence-electron chi connectivity index (χ0n) is 10.2. The summed E-state index contributed by atoms with van der Waals surface area (Å²) in [4.78, 5) is 32.8. The van der Waals surface area contributed by atoms with Gasteiger partial charge in [0.1, 0.15) is 5.78 Å². The summed E-state index contributed by atoms with van der Waals surface area (Å²) in [5, 5.41) is 0. The lowest BCUT2D eigenvalue weighted by Crippen LogP contribution is -2.07. The molecule has 0 aromatic carbocycles. The van der Waals surface area contributed by atoms with Crippen molar-refractivity contribution in [2.24, 2.45) is 5.92 Å². The number of ketones is 3. The van der Waals surface area contributed by atoms with Crippen LogP contribution in [0.5, 0.6) is 0 Å². The molecule has 0 heterocycles. The molecular weight excluding hydrogens is 204 g/mol. The van der Waals surface area contributed by atoms with E-state index in [4.69, 9.17) is 0 Å². The van der Waals surface area contributed by atoms with Gasteiger partial charge in [-0.15, -0.1) is 0 Å². The number of hydrogen-bond donors (Lipinski definition) is 0. The highest BCUT2D eigenvalue weighted by atomic mass is 16.2. The fourth-order valence-corrected chi connectivity index (χ4v) is 1.08. The van der Waals surface area contributed by atoms with Crippen molar-refractivity contribution < 1.29 is 14.4 Å². The summed E-state index contributed by atoms with van der Waals surface area (Å²) in [5.74, 6) is -0.949. The van der Waals surface area contributed by atoms with Crippen LogP contribution in [0.1, 0.15) is 34.1 Å². The van der Waals surface area contributed by atoms with E-state index in [-0.39, 0.29) is 11.7 Å². The Labute approximate surface area is 96.2 Å². The topological polar surface area (TPSA) is 51.2 Å². The fraction of sp³-hybridized carbons (Fsp3) is 0.462. The Morgan fingerprint density at radius 3 is 2.06 bits per heavy atom. The molecule has 0 spiro atoms. The third-order valence-corrected chi connectivity index (χ3v) is 2.40. The van der Waals surface area contributed by atoms with Crippen LogP contribution in [0, 0.1) is 5.92 Å². The Balaban J connectivity index is 4.50. The van der Waals surface area contributed by atoms with Crippen LogP contribution >= 0.6 is 0 Å². The Morgan fingerprint density at radius 2 is 1.69 bits per heavy atom. The van der Waals surface area contributed by atoms with E-state index in [1.54, 1.807) is 13.0 Å². The molecule has 3 heteroatoms. The molecule has 0 amide bonds. The van der Waals surface area contributed by atoms with Crippen molar-refractivity contribution in [2.45, 2.75) is 34.1 Å². The molecule has 0 fully saturated rings. The van der Waals surface area contributed by atoms with Gasteiger partial charge < -0.3 is 0 Å². The number of carbonyl (C=O) groups is 3. The average Bonchev–Trinajstić information content (AvgIpc) is 2.22. The molecule has 3 nitrogen and oxygen atoms in total. The lowest BCUT2D eigenvalue weighted by Gasteiger charge is -2.07. The molecular formula is C13H18O3. The lowest BCUT2D eigenvalue weighted by atomic mass is 9.97. The maximum Gasteiger partial charge on any atom is 0.221 e. The zero-order valence-corrected chi connectivity index (χ0v) is 10.2. The number of allylic oxidation sites excluding steroid dienone is 4. The largest absolute Gasteiger partial charge is 0.300 e. The van der Waals surface area contributed by atoms with E-state index in [0.717, 1.165) is 5.57 Å². The normalized spacial score (nSPS) is 13.9. The highest BCUT2D eigenvalue weighted by Crippen LogP contribution is 2.13. The number of rotatable bonds is 6. The molecule has 0 aliphatic heterocycles. The minimum absolute atomic E-state index is 0.0664. The minimum atomic E-state index is -0.519. The second-order valence-corrected chi connectivity index (χ2v) is 3.83. The molecule has 0 N–H and O–H groups in total. The molecule has 0 radical (unpaired) electrons. The first-order valence-corrected chi connectivity index (χ1v) is 5.27. The standard InChI is InChI=1S/C13H18O3/c1-5-12(8-9(2)10(3)14)6-7-13(16)11(4)15/h5-7,9H,8H2,1-4H3/b7-6-,12-5-. The Hall–Kier alpha value is -1.51. The molecule has 1 atom stereocenters. The first-order chi connectivity index (χ1) is 7.38. The number of carbonyl (C=O) groups excluding carboxylic acids is 3. The smallest absolute Gasteiger partial charge is 0.221 e. The van der Waals surface area contributed by atoms with Gasteiger partial charge >= 0.3 is 0 Å². The SMILES string of the molecule is C/C=C(/C=C\C(=O)C(C)=O)CC(C)C(C)=O. The van der Waals surface area contributed by atoms with Crippen molar-refractivity contribution in [3.63, 3.8) is 0 Å². The van der Waals surface area contributed by atoms with Crippen LogP contribution in [0.25, 0.3) is 0 Å². The zero-order chi connectivity index (χ0) is 12.7. The van der Waals surface area contributed by atoms with Gasteiger partial charge in [0.15, 0.2) is 5.78 Å². The predicted molar refractivity (Wildman–Crippen MR) is 63.0 cm³/mol. The van der Waals surface area contributed by atoms with Crippen LogP contribution in [0.4, 0.5) is 0 Å². The summed E-state index contributed by atoms with van der Waals surface area (Å²) >= 11 is 0. The summed E-state index contributed by atoms with van der Waals surface area (Å²) in [6.07, 6.45) is 5.28. The molecule has 0 saturated carbocycles. The molecule has 0 bridgehead atoms. The van der Waals surface area contributed by atoms with E-state index in [1.165, 1.54) is 13.0 Å². The van der Waals surface area contributed by atoms with Crippen molar-refractivity contribution >= 4 is 17.3 Å². The molecule has 0 aliphatic carbocycles. The Kier molecular flexibility index (Phi) is 6.23. The monoisotopic (exact) mass is 222 g/mol. The quantitative estimate of drug-likeness (QED) is 0.393. The van der Waals surface area contributed by atoms with Gasteiger partial charge in [-0.1, -0.05) is 24.6 Å². The molecule has 16 heavy (non-hydrogen) atoms. The van der Waals surface area contributed by atoms with E-state index in [9.17, 15) is 14.4 Å². The lowest BCUT2D eigenvalue weighted by molar-refractivity contribution is -0.132. The van der Waals surface area contributed by atoms with Crippen LogP contribution < -0.4 is 0 Å². The summed E-state index contributed by atoms with van der Waals surface area (Å²) in [5.41, 5.74) is 0.886. The van der Waals surface area contributed by atoms with Gasteiger partial charge in [-0.3, -0.25) is 14.4 Å². The van der Waals surface area contributed by atoms with E-state index in [2.05, 4.69) is 0 Å². The molecule has 88 valence electrons. The van der Waals surface area contributed by atoms with Gasteiger partial charge in [-0.25, -0.2) is 0 Å². The second-order valence-electron chi connectivity index (χ2n) is 3.83. The van der Waals surface area contributed by atoms with Crippen molar-refractivity contribution in [1.82, 2.24) is 0 Å². The molecule has 0 aromatic heterocycles. The van der Waals surface area contributed by atoms with Gasteiger partial charge in [0.2, 0.25) is 5.78 Å². The molecule has 0 rings (SSSR count). The molecule has 0 saturated heterocycles. The van der Waals surface area contributed by atoms with Crippen LogP contribution in [0.15, 0.2) is 23.8 Å². The van der Waals surface area contributed by atoms with E-state index < -0.39 is 11.6 Å². The van der Waals surface area contributed by atoms with Crippen LogP contribution in [0.2, 0.25) is 0 Å². The second kappa shape index (κ2) is 6.88. The van der Waals surface area contributed by atoms with Gasteiger partial charge in [0, 0.05) is 12.8 Å². The van der Waals surface area contributed by atoms with Crippen molar-refractivity contribution in [1.29, 1.82) is 0 Å².